The standard InChI is InChI=1S/C20H16N4O2S/c1-13-10-17(26-20-15(11-21)4-3-9-22-20)6-7-18(13)24-19(25)8-5-16-12-27-14(2)23-16/h3-10,12H,1-2H3,(H,24,25)/b8-5+. The first-order valence-electron chi connectivity index (χ1n) is 8.10. The summed E-state index contributed by atoms with van der Waals surface area (Å²) in [5.41, 5.74) is 2.62. The van der Waals surface area contributed by atoms with Gasteiger partial charge in [-0.25, -0.2) is 9.97 Å². The van der Waals surface area contributed by atoms with E-state index in [0.29, 0.717) is 17.0 Å². The fraction of sp³-hybridized carbons (Fsp3) is 0.100. The summed E-state index contributed by atoms with van der Waals surface area (Å²) in [6, 6.07) is 10.6. The van der Waals surface area contributed by atoms with Gasteiger partial charge in [-0.15, -0.1) is 11.3 Å². The third-order valence-electron chi connectivity index (χ3n) is 3.60. The van der Waals surface area contributed by atoms with Crippen LogP contribution in [0, 0.1) is 25.2 Å². The molecule has 0 atom stereocenters. The molecule has 0 aliphatic rings. The van der Waals surface area contributed by atoms with E-state index in [1.807, 2.05) is 25.3 Å². The maximum Gasteiger partial charge on any atom is 0.248 e. The topological polar surface area (TPSA) is 87.9 Å². The zero-order valence-corrected chi connectivity index (χ0v) is 15.6. The third kappa shape index (κ3) is 4.77. The quantitative estimate of drug-likeness (QED) is 0.664. The smallest absolute Gasteiger partial charge is 0.248 e. The largest absolute Gasteiger partial charge is 0.438 e. The minimum Gasteiger partial charge on any atom is -0.438 e. The Kier molecular flexibility index (Phi) is 5.59. The molecule has 0 unspecified atom stereocenters. The molecule has 3 aromatic rings. The second kappa shape index (κ2) is 8.25. The van der Waals surface area contributed by atoms with Crippen molar-refractivity contribution < 1.29 is 9.53 Å². The molecule has 2 heterocycles. The predicted molar refractivity (Wildman–Crippen MR) is 105 cm³/mol. The molecule has 1 amide bonds. The van der Waals surface area contributed by atoms with Gasteiger partial charge in [0, 0.05) is 23.3 Å². The number of rotatable bonds is 5. The summed E-state index contributed by atoms with van der Waals surface area (Å²) in [5, 5.41) is 14.8. The molecule has 0 bridgehead atoms. The molecule has 0 spiro atoms. The molecule has 3 rings (SSSR count). The lowest BCUT2D eigenvalue weighted by molar-refractivity contribution is -0.111. The van der Waals surface area contributed by atoms with Gasteiger partial charge in [0.2, 0.25) is 11.8 Å². The summed E-state index contributed by atoms with van der Waals surface area (Å²) in [4.78, 5) is 20.5. The van der Waals surface area contributed by atoms with Crippen LogP contribution in [-0.4, -0.2) is 15.9 Å². The van der Waals surface area contributed by atoms with Gasteiger partial charge in [0.25, 0.3) is 0 Å². The number of ether oxygens (including phenoxy) is 1. The van der Waals surface area contributed by atoms with E-state index in [1.54, 1.807) is 42.6 Å². The van der Waals surface area contributed by atoms with Crippen LogP contribution in [0.5, 0.6) is 11.6 Å². The van der Waals surface area contributed by atoms with Gasteiger partial charge in [-0.05, 0) is 55.8 Å². The number of nitrogens with one attached hydrogen (secondary N) is 1. The molecule has 1 aromatic carbocycles. The lowest BCUT2D eigenvalue weighted by Crippen LogP contribution is -2.09. The van der Waals surface area contributed by atoms with Crippen LogP contribution in [0.3, 0.4) is 0 Å². The number of pyridine rings is 1. The molecule has 1 N–H and O–H groups in total. The second-order valence-electron chi connectivity index (χ2n) is 5.66. The highest BCUT2D eigenvalue weighted by Gasteiger charge is 2.08. The molecule has 0 aliphatic carbocycles. The van der Waals surface area contributed by atoms with Crippen molar-refractivity contribution >= 4 is 29.0 Å². The first-order valence-corrected chi connectivity index (χ1v) is 8.98. The van der Waals surface area contributed by atoms with Gasteiger partial charge in [0.05, 0.1) is 10.7 Å². The number of hydrogen-bond donors (Lipinski definition) is 1. The summed E-state index contributed by atoms with van der Waals surface area (Å²) < 4.78 is 5.68. The number of amides is 1. The van der Waals surface area contributed by atoms with E-state index in [-0.39, 0.29) is 11.8 Å². The lowest BCUT2D eigenvalue weighted by atomic mass is 10.2. The maximum absolute atomic E-state index is 12.1. The van der Waals surface area contributed by atoms with Gasteiger partial charge in [-0.3, -0.25) is 4.79 Å². The Hall–Kier alpha value is -3.50. The minimum atomic E-state index is -0.242. The molecule has 7 heteroatoms. The summed E-state index contributed by atoms with van der Waals surface area (Å²) in [7, 11) is 0. The zero-order valence-electron chi connectivity index (χ0n) is 14.8. The highest BCUT2D eigenvalue weighted by atomic mass is 32.1. The van der Waals surface area contributed by atoms with E-state index in [9.17, 15) is 4.79 Å². The minimum absolute atomic E-state index is 0.242. The molecule has 134 valence electrons. The Morgan fingerprint density at radius 2 is 2.19 bits per heavy atom. The number of aromatic nitrogens is 2. The summed E-state index contributed by atoms with van der Waals surface area (Å²) >= 11 is 1.53. The Morgan fingerprint density at radius 3 is 2.89 bits per heavy atom. The van der Waals surface area contributed by atoms with Crippen molar-refractivity contribution in [2.24, 2.45) is 0 Å². The first kappa shape index (κ1) is 18.3. The third-order valence-corrected chi connectivity index (χ3v) is 4.40. The van der Waals surface area contributed by atoms with Crippen molar-refractivity contribution in [2.45, 2.75) is 13.8 Å². The van der Waals surface area contributed by atoms with Gasteiger partial charge in [0.1, 0.15) is 17.4 Å². The maximum atomic E-state index is 12.1. The number of aryl methyl sites for hydroxylation is 2. The number of carbonyl (C=O) groups excluding carboxylic acids is 1. The van der Waals surface area contributed by atoms with E-state index < -0.39 is 0 Å². The van der Waals surface area contributed by atoms with Crippen LogP contribution in [-0.2, 0) is 4.79 Å². The zero-order chi connectivity index (χ0) is 19.2. The molecule has 2 aromatic heterocycles. The normalized spacial score (nSPS) is 10.6. The second-order valence-corrected chi connectivity index (χ2v) is 6.72. The number of nitriles is 1. The molecule has 6 nitrogen and oxygen atoms in total. The van der Waals surface area contributed by atoms with Crippen LogP contribution in [0.25, 0.3) is 6.08 Å². The van der Waals surface area contributed by atoms with E-state index >= 15 is 0 Å². The van der Waals surface area contributed by atoms with Crippen LogP contribution < -0.4 is 10.1 Å². The van der Waals surface area contributed by atoms with Gasteiger partial charge in [0.15, 0.2) is 0 Å². The Labute approximate surface area is 160 Å². The number of carbonyl (C=O) groups is 1. The van der Waals surface area contributed by atoms with Crippen molar-refractivity contribution in [2.75, 3.05) is 5.32 Å². The van der Waals surface area contributed by atoms with Crippen LogP contribution in [0.15, 0.2) is 48.0 Å². The number of thiazole rings is 1. The van der Waals surface area contributed by atoms with Crippen molar-refractivity contribution in [3.8, 4) is 17.7 Å². The highest BCUT2D eigenvalue weighted by molar-refractivity contribution is 7.09. The molecule has 0 fully saturated rings. The van der Waals surface area contributed by atoms with Gasteiger partial charge < -0.3 is 10.1 Å². The molecular formula is C20H16N4O2S. The predicted octanol–water partition coefficient (Wildman–Crippen LogP) is 4.47. The van der Waals surface area contributed by atoms with Crippen molar-refractivity contribution in [3.05, 3.63) is 69.8 Å². The van der Waals surface area contributed by atoms with E-state index in [1.165, 1.54) is 17.4 Å². The molecule has 0 saturated carbocycles. The van der Waals surface area contributed by atoms with Gasteiger partial charge in [-0.1, -0.05) is 0 Å². The molecule has 0 saturated heterocycles. The van der Waals surface area contributed by atoms with Gasteiger partial charge >= 0.3 is 0 Å². The molecule has 0 aliphatic heterocycles. The Bertz CT molecular complexity index is 1050. The van der Waals surface area contributed by atoms with E-state index in [2.05, 4.69) is 15.3 Å². The summed E-state index contributed by atoms with van der Waals surface area (Å²) in [6.07, 6.45) is 4.69. The van der Waals surface area contributed by atoms with Gasteiger partial charge in [-0.2, -0.15) is 5.26 Å². The Balaban J connectivity index is 1.68. The van der Waals surface area contributed by atoms with Crippen LogP contribution >= 0.6 is 11.3 Å². The fourth-order valence-electron chi connectivity index (χ4n) is 2.30. The fourth-order valence-corrected chi connectivity index (χ4v) is 2.88. The summed E-state index contributed by atoms with van der Waals surface area (Å²) in [5.74, 6) is 0.542. The number of anilines is 1. The van der Waals surface area contributed by atoms with Crippen molar-refractivity contribution in [3.63, 3.8) is 0 Å². The Morgan fingerprint density at radius 1 is 1.33 bits per heavy atom. The molecular weight excluding hydrogens is 360 g/mol. The van der Waals surface area contributed by atoms with Crippen LogP contribution in [0.4, 0.5) is 5.69 Å². The average molecular weight is 376 g/mol. The van der Waals surface area contributed by atoms with E-state index in [0.717, 1.165) is 16.3 Å². The number of nitrogens with zero attached hydrogens (tertiary/aromatic N) is 3. The molecule has 27 heavy (non-hydrogen) atoms. The molecule has 0 radical (unpaired) electrons. The van der Waals surface area contributed by atoms with Crippen LogP contribution in [0.1, 0.15) is 21.8 Å². The summed E-state index contributed by atoms with van der Waals surface area (Å²) in [6.45, 7) is 3.78. The van der Waals surface area contributed by atoms with Crippen molar-refractivity contribution in [1.82, 2.24) is 9.97 Å². The monoisotopic (exact) mass is 376 g/mol. The van der Waals surface area contributed by atoms with Crippen LogP contribution in [0.2, 0.25) is 0 Å². The number of hydrogen-bond acceptors (Lipinski definition) is 6. The SMILES string of the molecule is Cc1nc(/C=C/C(=O)Nc2ccc(Oc3ncccc3C#N)cc2C)cs1. The first-order chi connectivity index (χ1) is 13.0. The van der Waals surface area contributed by atoms with E-state index in [4.69, 9.17) is 10.00 Å². The lowest BCUT2D eigenvalue weighted by Gasteiger charge is -2.10. The number of benzene rings is 1. The average Bonchev–Trinajstić information content (AvgIpc) is 3.08. The van der Waals surface area contributed by atoms with Crippen molar-refractivity contribution in [1.29, 1.82) is 5.26 Å². The highest BCUT2D eigenvalue weighted by Crippen LogP contribution is 2.26.